The van der Waals surface area contributed by atoms with Gasteiger partial charge in [-0.05, 0) is 38.5 Å². The van der Waals surface area contributed by atoms with Gasteiger partial charge in [-0.2, -0.15) is 0 Å². The molecule has 2 nitrogen and oxygen atoms in total. The molecular formula is C13H17F2NOS. The summed E-state index contributed by atoms with van der Waals surface area (Å²) in [7, 11) is -1.01. The molecule has 2 atom stereocenters. The van der Waals surface area contributed by atoms with E-state index in [0.717, 1.165) is 0 Å². The zero-order valence-corrected chi connectivity index (χ0v) is 11.5. The van der Waals surface area contributed by atoms with Gasteiger partial charge in [-0.1, -0.05) is 0 Å². The van der Waals surface area contributed by atoms with E-state index in [2.05, 4.69) is 5.32 Å². The van der Waals surface area contributed by atoms with Crippen LogP contribution in [0.1, 0.15) is 31.0 Å². The predicted octanol–water partition coefficient (Wildman–Crippen LogP) is 2.44. The molecule has 0 spiro atoms. The van der Waals surface area contributed by atoms with Gasteiger partial charge < -0.3 is 5.32 Å². The molecule has 0 bridgehead atoms. The summed E-state index contributed by atoms with van der Waals surface area (Å²) in [6, 6.07) is 2.00. The van der Waals surface area contributed by atoms with Gasteiger partial charge in [0.25, 0.3) is 0 Å². The minimum absolute atomic E-state index is 0.263. The van der Waals surface area contributed by atoms with E-state index in [1.807, 2.05) is 13.8 Å². The lowest BCUT2D eigenvalue weighted by molar-refractivity contribution is 0.361. The van der Waals surface area contributed by atoms with Crippen molar-refractivity contribution in [1.29, 1.82) is 0 Å². The Morgan fingerprint density at radius 1 is 1.33 bits per heavy atom. The highest BCUT2D eigenvalue weighted by Gasteiger charge is 2.33. The van der Waals surface area contributed by atoms with Gasteiger partial charge in [0, 0.05) is 39.4 Å². The van der Waals surface area contributed by atoms with Gasteiger partial charge in [-0.3, -0.25) is 4.21 Å². The van der Waals surface area contributed by atoms with Gasteiger partial charge in [0.1, 0.15) is 11.6 Å². The van der Waals surface area contributed by atoms with Crippen LogP contribution in [0.5, 0.6) is 0 Å². The Bertz CT molecular complexity index is 502. The fraction of sp³-hybridized carbons (Fsp3) is 0.538. The van der Waals surface area contributed by atoms with Crippen molar-refractivity contribution >= 4 is 10.8 Å². The fourth-order valence-electron chi connectivity index (χ4n) is 2.30. The first kappa shape index (κ1) is 13.6. The average molecular weight is 273 g/mol. The Balaban J connectivity index is 2.37. The van der Waals surface area contributed by atoms with Crippen LogP contribution >= 0.6 is 0 Å². The van der Waals surface area contributed by atoms with Gasteiger partial charge in [0.05, 0.1) is 0 Å². The zero-order chi connectivity index (χ0) is 13.5. The second kappa shape index (κ2) is 4.70. The Labute approximate surface area is 108 Å². The Morgan fingerprint density at radius 3 is 2.61 bits per heavy atom. The van der Waals surface area contributed by atoms with Crippen LogP contribution in [0, 0.1) is 18.6 Å². The highest BCUT2D eigenvalue weighted by molar-refractivity contribution is 7.85. The third-order valence-electron chi connectivity index (χ3n) is 3.09. The van der Waals surface area contributed by atoms with Crippen molar-refractivity contribution in [2.45, 2.75) is 32.4 Å². The molecular weight excluding hydrogens is 256 g/mol. The third-order valence-corrected chi connectivity index (χ3v) is 4.84. The first-order valence-corrected chi connectivity index (χ1v) is 7.35. The molecule has 18 heavy (non-hydrogen) atoms. The molecule has 1 aliphatic rings. The molecule has 1 aromatic carbocycles. The predicted molar refractivity (Wildman–Crippen MR) is 68.9 cm³/mol. The molecule has 1 heterocycles. The van der Waals surface area contributed by atoms with E-state index in [9.17, 15) is 13.0 Å². The van der Waals surface area contributed by atoms with Crippen molar-refractivity contribution in [2.24, 2.45) is 0 Å². The maximum absolute atomic E-state index is 13.9. The molecule has 0 aliphatic carbocycles. The summed E-state index contributed by atoms with van der Waals surface area (Å²) >= 11 is 0. The van der Waals surface area contributed by atoms with Gasteiger partial charge in [0.15, 0.2) is 0 Å². The summed E-state index contributed by atoms with van der Waals surface area (Å²) in [6.45, 7) is 5.36. The summed E-state index contributed by atoms with van der Waals surface area (Å²) < 4.78 is 39.2. The topological polar surface area (TPSA) is 29.1 Å². The van der Waals surface area contributed by atoms with Gasteiger partial charge in [-0.25, -0.2) is 8.78 Å². The maximum Gasteiger partial charge on any atom is 0.128 e. The number of aryl methyl sites for hydroxylation is 1. The molecule has 2 rings (SSSR count). The molecule has 1 saturated heterocycles. The van der Waals surface area contributed by atoms with Crippen LogP contribution in [0.25, 0.3) is 0 Å². The Hall–Kier alpha value is -0.810. The van der Waals surface area contributed by atoms with Crippen LogP contribution in [0.3, 0.4) is 0 Å². The maximum atomic E-state index is 13.9. The second-order valence-corrected chi connectivity index (χ2v) is 6.96. The summed E-state index contributed by atoms with van der Waals surface area (Å²) in [5.41, 5.74) is 0.216. The standard InChI is InChI=1S/C13H17F2NOS/c1-8-4-11(15)9(5-10(8)14)12-6-18(17)7-13(2,3)16-12/h4-5,12,16H,6-7H2,1-3H3. The largest absolute Gasteiger partial charge is 0.303 e. The Kier molecular flexibility index (Phi) is 3.56. The first-order valence-electron chi connectivity index (χ1n) is 5.87. The quantitative estimate of drug-likeness (QED) is 0.851. The summed E-state index contributed by atoms with van der Waals surface area (Å²) in [4.78, 5) is 0. The van der Waals surface area contributed by atoms with Crippen molar-refractivity contribution in [3.63, 3.8) is 0 Å². The molecule has 1 fully saturated rings. The zero-order valence-electron chi connectivity index (χ0n) is 10.7. The molecule has 1 N–H and O–H groups in total. The van der Waals surface area contributed by atoms with Crippen molar-refractivity contribution in [2.75, 3.05) is 11.5 Å². The van der Waals surface area contributed by atoms with Crippen LogP contribution in [0.4, 0.5) is 8.78 Å². The average Bonchev–Trinajstić information content (AvgIpc) is 2.20. The molecule has 0 aromatic heterocycles. The van der Waals surface area contributed by atoms with E-state index in [1.54, 1.807) is 0 Å². The summed E-state index contributed by atoms with van der Waals surface area (Å²) in [5, 5.41) is 3.23. The highest BCUT2D eigenvalue weighted by Crippen LogP contribution is 2.27. The van der Waals surface area contributed by atoms with Crippen LogP contribution in [0.2, 0.25) is 0 Å². The normalized spacial score (nSPS) is 27.2. The lowest BCUT2D eigenvalue weighted by Crippen LogP contribution is -2.52. The van der Waals surface area contributed by atoms with Crippen LogP contribution in [-0.2, 0) is 10.8 Å². The van der Waals surface area contributed by atoms with E-state index < -0.39 is 28.5 Å². The fourth-order valence-corrected chi connectivity index (χ4v) is 3.94. The molecule has 1 aliphatic heterocycles. The Morgan fingerprint density at radius 2 is 2.00 bits per heavy atom. The van der Waals surface area contributed by atoms with E-state index in [-0.39, 0.29) is 16.7 Å². The minimum Gasteiger partial charge on any atom is -0.303 e. The third kappa shape index (κ3) is 2.78. The van der Waals surface area contributed by atoms with Gasteiger partial charge >= 0.3 is 0 Å². The molecule has 2 unspecified atom stereocenters. The van der Waals surface area contributed by atoms with E-state index in [4.69, 9.17) is 0 Å². The summed E-state index contributed by atoms with van der Waals surface area (Å²) in [5.74, 6) is -0.0223. The monoisotopic (exact) mass is 273 g/mol. The molecule has 0 radical (unpaired) electrons. The second-order valence-electron chi connectivity index (χ2n) is 5.45. The van der Waals surface area contributed by atoms with Crippen molar-refractivity contribution in [3.05, 3.63) is 34.9 Å². The highest BCUT2D eigenvalue weighted by atomic mass is 32.2. The number of rotatable bonds is 1. The van der Waals surface area contributed by atoms with Crippen molar-refractivity contribution in [3.8, 4) is 0 Å². The molecule has 0 saturated carbocycles. The lowest BCUT2D eigenvalue weighted by atomic mass is 10.0. The summed E-state index contributed by atoms with van der Waals surface area (Å²) in [6.07, 6.45) is 0. The van der Waals surface area contributed by atoms with Crippen LogP contribution in [-0.4, -0.2) is 21.3 Å². The van der Waals surface area contributed by atoms with Crippen LogP contribution < -0.4 is 5.32 Å². The number of hydrogen-bond donors (Lipinski definition) is 1. The first-order chi connectivity index (χ1) is 8.28. The molecule has 1 aromatic rings. The van der Waals surface area contributed by atoms with E-state index in [0.29, 0.717) is 11.5 Å². The minimum atomic E-state index is -1.01. The smallest absolute Gasteiger partial charge is 0.128 e. The van der Waals surface area contributed by atoms with Gasteiger partial charge in [0.2, 0.25) is 0 Å². The number of halogens is 2. The lowest BCUT2D eigenvalue weighted by Gasteiger charge is -2.36. The van der Waals surface area contributed by atoms with Crippen molar-refractivity contribution < 1.29 is 13.0 Å². The molecule has 5 heteroatoms. The molecule has 100 valence electrons. The number of nitrogens with one attached hydrogen (secondary N) is 1. The number of benzene rings is 1. The molecule has 0 amide bonds. The van der Waals surface area contributed by atoms with Crippen molar-refractivity contribution in [1.82, 2.24) is 5.32 Å². The van der Waals surface area contributed by atoms with E-state index >= 15 is 0 Å². The SMILES string of the molecule is Cc1cc(F)c(C2CS(=O)CC(C)(C)N2)cc1F. The van der Waals surface area contributed by atoms with E-state index in [1.165, 1.54) is 19.1 Å². The van der Waals surface area contributed by atoms with Gasteiger partial charge in [-0.15, -0.1) is 0 Å². The van der Waals surface area contributed by atoms with Crippen LogP contribution in [0.15, 0.2) is 12.1 Å². The number of hydrogen-bond acceptors (Lipinski definition) is 2.